The summed E-state index contributed by atoms with van der Waals surface area (Å²) in [6.07, 6.45) is -2.05. The lowest BCUT2D eigenvalue weighted by molar-refractivity contribution is -0.141. The molecule has 3 aromatic heterocycles. The number of hydrogen-bond acceptors (Lipinski definition) is 4. The standard InChI is InChI=1S/C17H13F3N2O2S/c18-17(19,20)15-6-5-11(9-21-15)16(23)22-10-12(13-3-1-7-24-13)14-4-2-8-25-14/h1-9,12H,10H2,(H,22,23)/t12-/m1/s1. The molecule has 0 saturated carbocycles. The predicted octanol–water partition coefficient (Wildman–Crippen LogP) is 4.32. The minimum atomic E-state index is -4.53. The van der Waals surface area contributed by atoms with Gasteiger partial charge in [-0.25, -0.2) is 0 Å². The SMILES string of the molecule is O=C(NC[C@H](c1ccco1)c1cccs1)c1ccc(C(F)(F)F)nc1. The molecule has 1 N–H and O–H groups in total. The molecule has 25 heavy (non-hydrogen) atoms. The van der Waals surface area contributed by atoms with E-state index in [0.717, 1.165) is 23.2 Å². The monoisotopic (exact) mass is 366 g/mol. The van der Waals surface area contributed by atoms with E-state index in [9.17, 15) is 18.0 Å². The number of aromatic nitrogens is 1. The Morgan fingerprint density at radius 3 is 2.64 bits per heavy atom. The van der Waals surface area contributed by atoms with Gasteiger partial charge in [-0.15, -0.1) is 11.3 Å². The summed E-state index contributed by atoms with van der Waals surface area (Å²) in [6, 6.07) is 9.31. The van der Waals surface area contributed by atoms with E-state index in [4.69, 9.17) is 4.42 Å². The maximum atomic E-state index is 12.5. The van der Waals surface area contributed by atoms with Gasteiger partial charge in [-0.05, 0) is 35.7 Å². The average molecular weight is 366 g/mol. The largest absolute Gasteiger partial charge is 0.469 e. The molecule has 4 nitrogen and oxygen atoms in total. The van der Waals surface area contributed by atoms with Crippen LogP contribution >= 0.6 is 11.3 Å². The number of hydrogen-bond donors (Lipinski definition) is 1. The number of amides is 1. The van der Waals surface area contributed by atoms with Gasteiger partial charge in [0.2, 0.25) is 0 Å². The van der Waals surface area contributed by atoms with Crippen molar-refractivity contribution in [3.8, 4) is 0 Å². The Bertz CT molecular complexity index is 778. The van der Waals surface area contributed by atoms with Crippen molar-refractivity contribution in [2.24, 2.45) is 0 Å². The second-order valence-electron chi connectivity index (χ2n) is 5.22. The molecule has 0 saturated heterocycles. The lowest BCUT2D eigenvalue weighted by Crippen LogP contribution is -2.28. The lowest BCUT2D eigenvalue weighted by atomic mass is 10.0. The van der Waals surface area contributed by atoms with Crippen LogP contribution in [0, 0.1) is 0 Å². The topological polar surface area (TPSA) is 55.1 Å². The molecule has 3 rings (SSSR count). The Kier molecular flexibility index (Phi) is 4.89. The van der Waals surface area contributed by atoms with Gasteiger partial charge in [0.05, 0.1) is 17.7 Å². The van der Waals surface area contributed by atoms with Crippen LogP contribution in [0.1, 0.15) is 32.6 Å². The summed E-state index contributed by atoms with van der Waals surface area (Å²) in [5, 5.41) is 4.64. The molecule has 130 valence electrons. The molecule has 0 spiro atoms. The van der Waals surface area contributed by atoms with Gasteiger partial charge in [-0.1, -0.05) is 6.07 Å². The van der Waals surface area contributed by atoms with E-state index in [2.05, 4.69) is 10.3 Å². The molecule has 0 aromatic carbocycles. The third-order valence-corrected chi connectivity index (χ3v) is 4.54. The van der Waals surface area contributed by atoms with Crippen LogP contribution in [0.5, 0.6) is 0 Å². The summed E-state index contributed by atoms with van der Waals surface area (Å²) in [5.74, 6) is 0.0454. The van der Waals surface area contributed by atoms with Crippen molar-refractivity contribution in [2.45, 2.75) is 12.1 Å². The lowest BCUT2D eigenvalue weighted by Gasteiger charge is -2.14. The van der Waals surface area contributed by atoms with E-state index >= 15 is 0 Å². The number of carbonyl (C=O) groups excluding carboxylic acids is 1. The van der Waals surface area contributed by atoms with Crippen LogP contribution in [0.3, 0.4) is 0 Å². The van der Waals surface area contributed by atoms with Crippen molar-refractivity contribution >= 4 is 17.2 Å². The fourth-order valence-corrected chi connectivity index (χ4v) is 3.15. The van der Waals surface area contributed by atoms with E-state index in [1.807, 2.05) is 23.6 Å². The Morgan fingerprint density at radius 2 is 2.08 bits per heavy atom. The summed E-state index contributed by atoms with van der Waals surface area (Å²) >= 11 is 1.53. The Labute approximate surface area is 145 Å². The van der Waals surface area contributed by atoms with Gasteiger partial charge in [0.15, 0.2) is 0 Å². The molecule has 0 radical (unpaired) electrons. The maximum Gasteiger partial charge on any atom is 0.433 e. The molecule has 0 bridgehead atoms. The van der Waals surface area contributed by atoms with Crippen molar-refractivity contribution in [3.05, 3.63) is 76.1 Å². The van der Waals surface area contributed by atoms with Crippen LogP contribution in [0.4, 0.5) is 13.2 Å². The Morgan fingerprint density at radius 1 is 1.24 bits per heavy atom. The molecule has 0 fully saturated rings. The van der Waals surface area contributed by atoms with Crippen molar-refractivity contribution in [1.29, 1.82) is 0 Å². The van der Waals surface area contributed by atoms with Crippen LogP contribution in [0.15, 0.2) is 58.7 Å². The molecular formula is C17H13F3N2O2S. The summed E-state index contributed by atoms with van der Waals surface area (Å²) in [7, 11) is 0. The van der Waals surface area contributed by atoms with Gasteiger partial charge in [0.25, 0.3) is 5.91 Å². The number of furan rings is 1. The Hall–Kier alpha value is -2.61. The summed E-state index contributed by atoms with van der Waals surface area (Å²) < 4.78 is 43.0. The highest BCUT2D eigenvalue weighted by molar-refractivity contribution is 7.10. The number of carbonyl (C=O) groups is 1. The van der Waals surface area contributed by atoms with Gasteiger partial charge >= 0.3 is 6.18 Å². The van der Waals surface area contributed by atoms with Gasteiger partial charge in [0, 0.05) is 17.6 Å². The number of nitrogens with zero attached hydrogens (tertiary/aromatic N) is 1. The van der Waals surface area contributed by atoms with Gasteiger partial charge in [0.1, 0.15) is 11.5 Å². The first kappa shape index (κ1) is 17.2. The highest BCUT2D eigenvalue weighted by atomic mass is 32.1. The van der Waals surface area contributed by atoms with Crippen LogP contribution in [-0.4, -0.2) is 17.4 Å². The van der Waals surface area contributed by atoms with Gasteiger partial charge in [-0.2, -0.15) is 13.2 Å². The first-order chi connectivity index (χ1) is 11.9. The molecule has 0 aliphatic carbocycles. The highest BCUT2D eigenvalue weighted by Gasteiger charge is 2.32. The number of halogens is 3. The molecule has 0 aliphatic rings. The van der Waals surface area contributed by atoms with Crippen LogP contribution in [0.2, 0.25) is 0 Å². The maximum absolute atomic E-state index is 12.5. The van der Waals surface area contributed by atoms with Gasteiger partial charge < -0.3 is 9.73 Å². The summed E-state index contributed by atoms with van der Waals surface area (Å²) in [5.41, 5.74) is -0.964. The van der Waals surface area contributed by atoms with Crippen molar-refractivity contribution < 1.29 is 22.4 Å². The molecule has 1 atom stereocenters. The van der Waals surface area contributed by atoms with E-state index in [0.29, 0.717) is 5.76 Å². The fraction of sp³-hybridized carbons (Fsp3) is 0.176. The molecule has 3 aromatic rings. The van der Waals surface area contributed by atoms with E-state index < -0.39 is 17.8 Å². The second-order valence-corrected chi connectivity index (χ2v) is 6.20. The predicted molar refractivity (Wildman–Crippen MR) is 86.4 cm³/mol. The fourth-order valence-electron chi connectivity index (χ4n) is 2.31. The first-order valence-electron chi connectivity index (χ1n) is 7.33. The highest BCUT2D eigenvalue weighted by Crippen LogP contribution is 2.29. The van der Waals surface area contributed by atoms with Crippen molar-refractivity contribution in [3.63, 3.8) is 0 Å². The summed E-state index contributed by atoms with van der Waals surface area (Å²) in [4.78, 5) is 16.5. The second kappa shape index (κ2) is 7.10. The van der Waals surface area contributed by atoms with Crippen LogP contribution in [0.25, 0.3) is 0 Å². The molecule has 1 amide bonds. The summed E-state index contributed by atoms with van der Waals surface area (Å²) in [6.45, 7) is 0.258. The minimum Gasteiger partial charge on any atom is -0.469 e. The molecule has 3 heterocycles. The molecular weight excluding hydrogens is 353 g/mol. The van der Waals surface area contributed by atoms with Crippen molar-refractivity contribution in [1.82, 2.24) is 10.3 Å². The van der Waals surface area contributed by atoms with E-state index in [1.54, 1.807) is 12.3 Å². The third kappa shape index (κ3) is 4.08. The number of thiophene rings is 1. The molecule has 0 unspecified atom stereocenters. The smallest absolute Gasteiger partial charge is 0.433 e. The zero-order valence-electron chi connectivity index (χ0n) is 12.8. The number of alkyl halides is 3. The molecule has 0 aliphatic heterocycles. The zero-order valence-corrected chi connectivity index (χ0v) is 13.6. The van der Waals surface area contributed by atoms with E-state index in [-0.39, 0.29) is 18.0 Å². The Balaban J connectivity index is 1.70. The van der Waals surface area contributed by atoms with Crippen molar-refractivity contribution in [2.75, 3.05) is 6.54 Å². The van der Waals surface area contributed by atoms with Crippen LogP contribution in [-0.2, 0) is 6.18 Å². The zero-order chi connectivity index (χ0) is 17.9. The first-order valence-corrected chi connectivity index (χ1v) is 8.21. The third-order valence-electron chi connectivity index (χ3n) is 3.56. The normalized spacial score (nSPS) is 12.8. The number of nitrogens with one attached hydrogen (secondary N) is 1. The van der Waals surface area contributed by atoms with Gasteiger partial charge in [-0.3, -0.25) is 9.78 Å². The quantitative estimate of drug-likeness (QED) is 0.732. The van der Waals surface area contributed by atoms with E-state index in [1.165, 1.54) is 11.3 Å². The number of rotatable bonds is 5. The minimum absolute atomic E-state index is 0.0670. The van der Waals surface area contributed by atoms with Crippen LogP contribution < -0.4 is 5.32 Å². The number of pyridine rings is 1. The average Bonchev–Trinajstić information content (AvgIpc) is 3.28. The molecule has 8 heteroatoms.